The second-order valence-electron chi connectivity index (χ2n) is 6.20. The molecule has 0 heterocycles. The molecule has 0 spiro atoms. The normalized spacial score (nSPS) is 21.2. The van der Waals surface area contributed by atoms with Crippen molar-refractivity contribution in [2.24, 2.45) is 11.8 Å². The molecule has 1 saturated carbocycles. The maximum atomic E-state index is 12.3. The molecule has 0 bridgehead atoms. The van der Waals surface area contributed by atoms with Gasteiger partial charge in [-0.3, -0.25) is 9.59 Å². The predicted molar refractivity (Wildman–Crippen MR) is 88.6 cm³/mol. The lowest BCUT2D eigenvalue weighted by Gasteiger charge is -2.27. The van der Waals surface area contributed by atoms with Crippen molar-refractivity contribution >= 4 is 17.5 Å². The Morgan fingerprint density at radius 3 is 2.32 bits per heavy atom. The molecule has 2 amide bonds. The van der Waals surface area contributed by atoms with E-state index in [4.69, 9.17) is 0 Å². The van der Waals surface area contributed by atoms with Crippen molar-refractivity contribution in [2.75, 3.05) is 11.9 Å². The Kier molecular flexibility index (Phi) is 5.99. The second-order valence-corrected chi connectivity index (χ2v) is 6.20. The number of carbonyl (C=O) groups excluding carboxylic acids is 2. The highest BCUT2D eigenvalue weighted by Crippen LogP contribution is 2.30. The summed E-state index contributed by atoms with van der Waals surface area (Å²) in [5.74, 6) is 0.336. The Labute approximate surface area is 132 Å². The molecule has 0 atom stereocenters. The van der Waals surface area contributed by atoms with Crippen LogP contribution in [0, 0.1) is 18.8 Å². The van der Waals surface area contributed by atoms with Crippen LogP contribution in [-0.4, -0.2) is 18.4 Å². The number of anilines is 1. The number of aryl methyl sites for hydroxylation is 1. The van der Waals surface area contributed by atoms with Gasteiger partial charge in [0.05, 0.1) is 0 Å². The number of rotatable bonds is 5. The third kappa shape index (κ3) is 4.58. The van der Waals surface area contributed by atoms with Crippen LogP contribution in [0.2, 0.25) is 0 Å². The van der Waals surface area contributed by atoms with Crippen molar-refractivity contribution < 1.29 is 9.59 Å². The topological polar surface area (TPSA) is 58.2 Å². The molecular weight excluding hydrogens is 276 g/mol. The summed E-state index contributed by atoms with van der Waals surface area (Å²) in [7, 11) is 0. The molecule has 1 aromatic carbocycles. The van der Waals surface area contributed by atoms with Gasteiger partial charge in [-0.25, -0.2) is 0 Å². The van der Waals surface area contributed by atoms with Crippen LogP contribution < -0.4 is 10.6 Å². The smallest absolute Gasteiger partial charge is 0.227 e. The fourth-order valence-electron chi connectivity index (χ4n) is 2.98. The molecule has 0 unspecified atom stereocenters. The summed E-state index contributed by atoms with van der Waals surface area (Å²) in [6.45, 7) is 4.80. The summed E-state index contributed by atoms with van der Waals surface area (Å²) in [5, 5.41) is 5.94. The average Bonchev–Trinajstić information content (AvgIpc) is 2.52. The highest BCUT2D eigenvalue weighted by atomic mass is 16.2. The first-order valence-electron chi connectivity index (χ1n) is 8.25. The minimum Gasteiger partial charge on any atom is -0.356 e. The number of hydrogen-bond acceptors (Lipinski definition) is 2. The van der Waals surface area contributed by atoms with Gasteiger partial charge in [-0.1, -0.05) is 19.1 Å². The van der Waals surface area contributed by atoms with E-state index in [1.165, 1.54) is 0 Å². The lowest BCUT2D eigenvalue weighted by molar-refractivity contribution is -0.128. The van der Waals surface area contributed by atoms with E-state index in [0.717, 1.165) is 49.9 Å². The number of carbonyl (C=O) groups is 2. The molecule has 2 rings (SSSR count). The maximum absolute atomic E-state index is 12.3. The van der Waals surface area contributed by atoms with E-state index < -0.39 is 0 Å². The van der Waals surface area contributed by atoms with Gasteiger partial charge in [0.15, 0.2) is 0 Å². The molecule has 0 saturated heterocycles. The van der Waals surface area contributed by atoms with Crippen LogP contribution in [0.1, 0.15) is 44.6 Å². The number of hydrogen-bond donors (Lipinski definition) is 2. The van der Waals surface area contributed by atoms with Crippen LogP contribution in [0.5, 0.6) is 0 Å². The highest BCUT2D eigenvalue weighted by Gasteiger charge is 2.29. The summed E-state index contributed by atoms with van der Waals surface area (Å²) < 4.78 is 0. The first-order chi connectivity index (χ1) is 10.6. The molecule has 0 aromatic heterocycles. The molecule has 1 aliphatic carbocycles. The molecule has 2 N–H and O–H groups in total. The lowest BCUT2D eigenvalue weighted by atomic mass is 9.81. The van der Waals surface area contributed by atoms with E-state index in [1.807, 2.05) is 38.1 Å². The van der Waals surface area contributed by atoms with Crippen LogP contribution >= 0.6 is 0 Å². The summed E-state index contributed by atoms with van der Waals surface area (Å²) in [6, 6.07) is 7.84. The standard InChI is InChI=1S/C18H26N2O2/c1-3-11-19-17(21)14-7-9-15(10-8-14)18(22)20-16-6-4-5-13(2)12-16/h4-6,12,14-15H,3,7-11H2,1-2H3,(H,19,21)(H,20,22). The number of nitrogens with one attached hydrogen (secondary N) is 2. The van der Waals surface area contributed by atoms with Gasteiger partial charge in [0.1, 0.15) is 0 Å². The van der Waals surface area contributed by atoms with E-state index in [-0.39, 0.29) is 23.7 Å². The van der Waals surface area contributed by atoms with Crippen LogP contribution in [0.4, 0.5) is 5.69 Å². The van der Waals surface area contributed by atoms with E-state index in [9.17, 15) is 9.59 Å². The average molecular weight is 302 g/mol. The molecule has 1 aromatic rings. The highest BCUT2D eigenvalue weighted by molar-refractivity contribution is 5.92. The fourth-order valence-corrected chi connectivity index (χ4v) is 2.98. The third-order valence-electron chi connectivity index (χ3n) is 4.30. The first-order valence-corrected chi connectivity index (χ1v) is 8.25. The van der Waals surface area contributed by atoms with Crippen molar-refractivity contribution in [1.82, 2.24) is 5.32 Å². The van der Waals surface area contributed by atoms with E-state index in [2.05, 4.69) is 10.6 Å². The SMILES string of the molecule is CCCNC(=O)C1CCC(C(=O)Nc2cccc(C)c2)CC1. The largest absolute Gasteiger partial charge is 0.356 e. The van der Waals surface area contributed by atoms with Gasteiger partial charge in [0, 0.05) is 24.1 Å². The molecular formula is C18H26N2O2. The number of amides is 2. The molecule has 0 aliphatic heterocycles. The Bertz CT molecular complexity index is 520. The van der Waals surface area contributed by atoms with E-state index in [1.54, 1.807) is 0 Å². The zero-order valence-electron chi connectivity index (χ0n) is 13.5. The maximum Gasteiger partial charge on any atom is 0.227 e. The molecule has 0 radical (unpaired) electrons. The molecule has 4 heteroatoms. The van der Waals surface area contributed by atoms with Crippen molar-refractivity contribution in [3.63, 3.8) is 0 Å². The van der Waals surface area contributed by atoms with E-state index in [0.29, 0.717) is 0 Å². The Morgan fingerprint density at radius 2 is 1.73 bits per heavy atom. The van der Waals surface area contributed by atoms with Gasteiger partial charge in [0.25, 0.3) is 0 Å². The third-order valence-corrected chi connectivity index (χ3v) is 4.30. The van der Waals surface area contributed by atoms with Crippen LogP contribution in [-0.2, 0) is 9.59 Å². The quantitative estimate of drug-likeness (QED) is 0.877. The summed E-state index contributed by atoms with van der Waals surface area (Å²) in [5.41, 5.74) is 1.99. The minimum atomic E-state index is 0.0238. The van der Waals surface area contributed by atoms with E-state index >= 15 is 0 Å². The van der Waals surface area contributed by atoms with Gasteiger partial charge in [-0.05, 0) is 56.7 Å². The van der Waals surface area contributed by atoms with Gasteiger partial charge in [-0.15, -0.1) is 0 Å². The summed E-state index contributed by atoms with van der Waals surface area (Å²) in [4.78, 5) is 24.3. The van der Waals surface area contributed by atoms with Crippen molar-refractivity contribution in [1.29, 1.82) is 0 Å². The predicted octanol–water partition coefficient (Wildman–Crippen LogP) is 3.27. The van der Waals surface area contributed by atoms with Gasteiger partial charge in [0.2, 0.25) is 11.8 Å². The Balaban J connectivity index is 1.81. The summed E-state index contributed by atoms with van der Waals surface area (Å²) in [6.07, 6.45) is 4.16. The van der Waals surface area contributed by atoms with Gasteiger partial charge >= 0.3 is 0 Å². The molecule has 4 nitrogen and oxygen atoms in total. The zero-order valence-corrected chi connectivity index (χ0v) is 13.5. The van der Waals surface area contributed by atoms with Crippen LogP contribution in [0.3, 0.4) is 0 Å². The molecule has 120 valence electrons. The minimum absolute atomic E-state index is 0.0238. The van der Waals surface area contributed by atoms with Crippen molar-refractivity contribution in [2.45, 2.75) is 46.0 Å². The monoisotopic (exact) mass is 302 g/mol. The lowest BCUT2D eigenvalue weighted by Crippen LogP contribution is -2.35. The molecule has 1 fully saturated rings. The van der Waals surface area contributed by atoms with Crippen molar-refractivity contribution in [3.05, 3.63) is 29.8 Å². The van der Waals surface area contributed by atoms with Gasteiger partial charge < -0.3 is 10.6 Å². The second kappa shape index (κ2) is 7.97. The number of benzene rings is 1. The van der Waals surface area contributed by atoms with Crippen molar-refractivity contribution in [3.8, 4) is 0 Å². The molecule has 22 heavy (non-hydrogen) atoms. The Hall–Kier alpha value is -1.84. The summed E-state index contributed by atoms with van der Waals surface area (Å²) >= 11 is 0. The van der Waals surface area contributed by atoms with Crippen LogP contribution in [0.25, 0.3) is 0 Å². The first kappa shape index (κ1) is 16.5. The Morgan fingerprint density at radius 1 is 1.09 bits per heavy atom. The van der Waals surface area contributed by atoms with Gasteiger partial charge in [-0.2, -0.15) is 0 Å². The zero-order chi connectivity index (χ0) is 15.9. The molecule has 1 aliphatic rings. The fraction of sp³-hybridized carbons (Fsp3) is 0.556. The van der Waals surface area contributed by atoms with Crippen LogP contribution in [0.15, 0.2) is 24.3 Å².